The first-order valence-electron chi connectivity index (χ1n) is 20.3. The molecule has 6 rings (SSSR count). The summed E-state index contributed by atoms with van der Waals surface area (Å²) >= 11 is 0. The second-order valence-electron chi connectivity index (χ2n) is 16.9. The Bertz CT molecular complexity index is 2140. The van der Waals surface area contributed by atoms with E-state index < -0.39 is 0 Å². The second-order valence-corrected chi connectivity index (χ2v) is 18.0. The van der Waals surface area contributed by atoms with Crippen molar-refractivity contribution in [2.75, 3.05) is 0 Å². The van der Waals surface area contributed by atoms with Crippen LogP contribution in [0.4, 0.5) is 0 Å². The fourth-order valence-corrected chi connectivity index (χ4v) is 8.71. The highest BCUT2D eigenvalue weighted by Gasteiger charge is 2.27. The van der Waals surface area contributed by atoms with Gasteiger partial charge in [0.2, 0.25) is 0 Å². The SMILES string of the molecule is CC(C)c1ccc2c(-c3c(OPOc4ccccc4C(C)C)c(C(C)C)cc4cc(C(C)C)ccc34)c(OPOc3ccccc3C(C)C)c(C(C)C)cc2c1. The van der Waals surface area contributed by atoms with E-state index in [1.54, 1.807) is 0 Å². The van der Waals surface area contributed by atoms with Crippen molar-refractivity contribution >= 4 is 39.6 Å². The van der Waals surface area contributed by atoms with E-state index in [4.69, 9.17) is 18.1 Å². The van der Waals surface area contributed by atoms with Crippen LogP contribution in [-0.4, -0.2) is 0 Å². The van der Waals surface area contributed by atoms with E-state index in [9.17, 15) is 0 Å². The maximum Gasteiger partial charge on any atom is 0.275 e. The van der Waals surface area contributed by atoms with E-state index in [1.807, 2.05) is 24.3 Å². The lowest BCUT2D eigenvalue weighted by Crippen LogP contribution is -2.03. The molecule has 6 aromatic carbocycles. The van der Waals surface area contributed by atoms with E-state index >= 15 is 0 Å². The van der Waals surface area contributed by atoms with Gasteiger partial charge in [0.15, 0.2) is 0 Å². The van der Waals surface area contributed by atoms with Gasteiger partial charge in [-0.2, -0.15) is 0 Å². The molecular weight excluding hydrogens is 726 g/mol. The Kier molecular flexibility index (Phi) is 13.4. The summed E-state index contributed by atoms with van der Waals surface area (Å²) in [6, 6.07) is 35.0. The molecule has 0 heterocycles. The van der Waals surface area contributed by atoms with Crippen molar-refractivity contribution in [3.05, 3.63) is 130 Å². The number of fused-ring (bicyclic) bond motifs is 2. The van der Waals surface area contributed by atoms with Gasteiger partial charge in [-0.3, -0.25) is 0 Å². The molecule has 294 valence electrons. The summed E-state index contributed by atoms with van der Waals surface area (Å²) in [6.45, 7) is 26.8. The Morgan fingerprint density at radius 1 is 0.357 bits per heavy atom. The minimum absolute atomic E-state index is 0.179. The molecule has 0 amide bonds. The highest BCUT2D eigenvalue weighted by Crippen LogP contribution is 2.53. The van der Waals surface area contributed by atoms with E-state index in [2.05, 4.69) is 156 Å². The van der Waals surface area contributed by atoms with Crippen LogP contribution in [0.25, 0.3) is 32.7 Å². The van der Waals surface area contributed by atoms with E-state index in [0.29, 0.717) is 23.7 Å². The van der Waals surface area contributed by atoms with Gasteiger partial charge in [0.1, 0.15) is 23.0 Å². The average Bonchev–Trinajstić information content (AvgIpc) is 3.16. The van der Waals surface area contributed by atoms with Crippen LogP contribution < -0.4 is 18.1 Å². The lowest BCUT2D eigenvalue weighted by atomic mass is 9.84. The second kappa shape index (κ2) is 18.0. The van der Waals surface area contributed by atoms with Crippen molar-refractivity contribution < 1.29 is 18.1 Å². The fraction of sp³-hybridized carbons (Fsp3) is 0.360. The van der Waals surface area contributed by atoms with Crippen molar-refractivity contribution in [3.63, 3.8) is 0 Å². The number of hydrogen-bond donors (Lipinski definition) is 0. The van der Waals surface area contributed by atoms with E-state index in [1.165, 1.54) is 33.0 Å². The van der Waals surface area contributed by atoms with Gasteiger partial charge in [-0.15, -0.1) is 0 Å². The molecule has 0 radical (unpaired) electrons. The molecule has 0 bridgehead atoms. The molecule has 0 fully saturated rings. The maximum absolute atomic E-state index is 7.01. The largest absolute Gasteiger partial charge is 0.440 e. The van der Waals surface area contributed by atoms with Crippen molar-refractivity contribution in [1.82, 2.24) is 0 Å². The zero-order valence-electron chi connectivity index (χ0n) is 35.3. The van der Waals surface area contributed by atoms with Crippen LogP contribution in [-0.2, 0) is 0 Å². The summed E-state index contributed by atoms with van der Waals surface area (Å²) in [4.78, 5) is 0. The third-order valence-electron chi connectivity index (χ3n) is 10.8. The molecule has 0 spiro atoms. The normalized spacial score (nSPS) is 12.4. The molecule has 4 nitrogen and oxygen atoms in total. The molecule has 0 aliphatic rings. The van der Waals surface area contributed by atoms with Crippen LogP contribution in [0.15, 0.2) is 97.1 Å². The first kappa shape index (κ1) is 41.5. The molecule has 0 aromatic heterocycles. The fourth-order valence-electron chi connectivity index (χ4n) is 7.46. The molecule has 0 aliphatic heterocycles. The predicted octanol–water partition coefficient (Wildman–Crippen LogP) is 16.3. The summed E-state index contributed by atoms with van der Waals surface area (Å²) < 4.78 is 27.0. The summed E-state index contributed by atoms with van der Waals surface area (Å²) in [7, 11) is -0.507. The summed E-state index contributed by atoms with van der Waals surface area (Å²) in [6.07, 6.45) is 0. The maximum atomic E-state index is 7.01. The number of para-hydroxylation sites is 2. The van der Waals surface area contributed by atoms with Crippen LogP contribution in [0.1, 0.15) is 152 Å². The van der Waals surface area contributed by atoms with Crippen LogP contribution in [0.2, 0.25) is 0 Å². The molecule has 6 aromatic rings. The van der Waals surface area contributed by atoms with Crippen LogP contribution >= 0.6 is 18.1 Å². The Morgan fingerprint density at radius 3 is 1.05 bits per heavy atom. The van der Waals surface area contributed by atoms with Crippen LogP contribution in [0, 0.1) is 0 Å². The first-order chi connectivity index (χ1) is 26.8. The monoisotopic (exact) mass is 786 g/mol. The quantitative estimate of drug-likeness (QED) is 0.0972. The summed E-state index contributed by atoms with van der Waals surface area (Å²) in [5.74, 6) is 5.16. The standard InChI is InChI=1S/C50H60O4P2/c1-29(2)35-21-23-41-37(25-35)27-43(33(9)10)49(53-55-51-45-19-15-13-17-39(45)31(5)6)47(41)48-42-24-22-36(30(3)4)26-38(42)28-44(34(11)12)50(48)54-56-52-46-20-16-14-18-40(46)32(7)8/h13-34,55-56H,1-12H3. The Hall–Kier alpha value is -4.10. The van der Waals surface area contributed by atoms with Crippen molar-refractivity contribution in [1.29, 1.82) is 0 Å². The number of hydrogen-bond acceptors (Lipinski definition) is 4. The Balaban J connectivity index is 1.63. The van der Waals surface area contributed by atoms with Gasteiger partial charge in [-0.1, -0.05) is 156 Å². The molecule has 56 heavy (non-hydrogen) atoms. The smallest absolute Gasteiger partial charge is 0.275 e. The van der Waals surface area contributed by atoms with Crippen molar-refractivity contribution in [2.24, 2.45) is 0 Å². The van der Waals surface area contributed by atoms with Gasteiger partial charge in [-0.05, 0) is 115 Å². The van der Waals surface area contributed by atoms with Crippen molar-refractivity contribution in [3.8, 4) is 34.1 Å². The number of benzene rings is 6. The summed E-state index contributed by atoms with van der Waals surface area (Å²) in [5, 5.41) is 4.62. The Labute approximate surface area is 339 Å². The van der Waals surface area contributed by atoms with Gasteiger partial charge in [-0.25, -0.2) is 0 Å². The predicted molar refractivity (Wildman–Crippen MR) is 243 cm³/mol. The van der Waals surface area contributed by atoms with Crippen LogP contribution in [0.5, 0.6) is 23.0 Å². The van der Waals surface area contributed by atoms with Gasteiger partial charge in [0.25, 0.3) is 18.1 Å². The van der Waals surface area contributed by atoms with Gasteiger partial charge in [0.05, 0.1) is 0 Å². The minimum Gasteiger partial charge on any atom is -0.440 e. The molecule has 0 saturated heterocycles. The van der Waals surface area contributed by atoms with Crippen molar-refractivity contribution in [2.45, 2.75) is 119 Å². The highest BCUT2D eigenvalue weighted by molar-refractivity contribution is 7.27. The molecule has 0 N–H and O–H groups in total. The zero-order valence-corrected chi connectivity index (χ0v) is 37.3. The average molecular weight is 787 g/mol. The zero-order chi connectivity index (χ0) is 40.3. The lowest BCUT2D eigenvalue weighted by molar-refractivity contribution is 0.501. The lowest BCUT2D eigenvalue weighted by Gasteiger charge is -2.26. The van der Waals surface area contributed by atoms with Gasteiger partial charge < -0.3 is 18.1 Å². The molecule has 2 unspecified atom stereocenters. The topological polar surface area (TPSA) is 36.9 Å². The van der Waals surface area contributed by atoms with Gasteiger partial charge >= 0.3 is 0 Å². The summed E-state index contributed by atoms with van der Waals surface area (Å²) in [5.41, 5.74) is 9.28. The molecule has 0 saturated carbocycles. The number of rotatable bonds is 15. The van der Waals surface area contributed by atoms with Crippen LogP contribution in [0.3, 0.4) is 0 Å². The van der Waals surface area contributed by atoms with Gasteiger partial charge in [0, 0.05) is 11.1 Å². The van der Waals surface area contributed by atoms with E-state index in [0.717, 1.165) is 56.0 Å². The Morgan fingerprint density at radius 2 is 0.714 bits per heavy atom. The first-order valence-corrected chi connectivity index (χ1v) is 22.0. The molecule has 6 heteroatoms. The molecular formula is C50H60O4P2. The third kappa shape index (κ3) is 8.88. The molecule has 0 aliphatic carbocycles. The van der Waals surface area contributed by atoms with E-state index in [-0.39, 0.29) is 29.9 Å². The third-order valence-corrected chi connectivity index (χ3v) is 12.0. The molecule has 2 atom stereocenters. The minimum atomic E-state index is -0.253. The highest BCUT2D eigenvalue weighted by atomic mass is 31.1.